The van der Waals surface area contributed by atoms with Gasteiger partial charge in [-0.2, -0.15) is 0 Å². The van der Waals surface area contributed by atoms with Crippen LogP contribution in [0.15, 0.2) is 36.5 Å². The highest BCUT2D eigenvalue weighted by atomic mass is 31.2. The number of aliphatic hydroxyl groups excluding tert-OH is 1. The Balaban J connectivity index is 4.36. The van der Waals surface area contributed by atoms with Gasteiger partial charge in [-0.15, -0.1) is 0 Å². The first-order valence-corrected chi connectivity index (χ1v) is 19.6. The van der Waals surface area contributed by atoms with Crippen LogP contribution in [0, 0.1) is 0 Å². The summed E-state index contributed by atoms with van der Waals surface area (Å²) in [5.74, 6) is -0.211. The van der Waals surface area contributed by atoms with E-state index in [1.54, 1.807) is 6.08 Å². The Morgan fingerprint density at radius 3 is 1.67 bits per heavy atom. The first-order chi connectivity index (χ1) is 21.9. The lowest BCUT2D eigenvalue weighted by Crippen LogP contribution is -2.45. The number of carbonyl (C=O) groups excluding carboxylic acids is 1. The minimum absolute atomic E-state index is 0.0721. The molecule has 0 aromatic rings. The van der Waals surface area contributed by atoms with Gasteiger partial charge in [-0.05, 0) is 38.5 Å². The van der Waals surface area contributed by atoms with E-state index >= 15 is 0 Å². The van der Waals surface area contributed by atoms with E-state index in [4.69, 9.17) is 14.8 Å². The molecule has 0 saturated heterocycles. The Hall–Kier alpha value is -1.28. The molecule has 0 aliphatic heterocycles. The molecule has 3 unspecified atom stereocenters. The Bertz CT molecular complexity index is 804. The van der Waals surface area contributed by atoms with Crippen LogP contribution in [0.3, 0.4) is 0 Å². The molecule has 0 radical (unpaired) electrons. The van der Waals surface area contributed by atoms with Crippen LogP contribution < -0.4 is 11.1 Å². The molecule has 45 heavy (non-hydrogen) atoms. The number of allylic oxidation sites excluding steroid dienone is 5. The summed E-state index contributed by atoms with van der Waals surface area (Å²) in [6, 6.07) is -0.877. The second-order valence-electron chi connectivity index (χ2n) is 12.1. The average molecular weight is 657 g/mol. The topological polar surface area (TPSA) is 131 Å². The molecule has 3 atom stereocenters. The van der Waals surface area contributed by atoms with E-state index < -0.39 is 20.0 Å². The van der Waals surface area contributed by atoms with Gasteiger partial charge in [0.2, 0.25) is 5.91 Å². The summed E-state index contributed by atoms with van der Waals surface area (Å²) in [5.41, 5.74) is 5.34. The maximum Gasteiger partial charge on any atom is 0.472 e. The maximum atomic E-state index is 12.7. The van der Waals surface area contributed by atoms with Crippen LogP contribution in [-0.4, -0.2) is 47.8 Å². The zero-order chi connectivity index (χ0) is 33.3. The monoisotopic (exact) mass is 656 g/mol. The number of phosphoric ester groups is 1. The van der Waals surface area contributed by atoms with E-state index in [0.717, 1.165) is 51.4 Å². The molecular formula is C36H69N2O6P. The number of hydrogen-bond donors (Lipinski definition) is 4. The largest absolute Gasteiger partial charge is 0.472 e. The SMILES string of the molecule is CCC/C=C/CC/C=C/CC/C=C/C(O)C(COP(=O)(O)OCCN)NC(=O)CCCCCCCCCCCCCCCCC. The zero-order valence-electron chi connectivity index (χ0n) is 28.8. The number of hydrogen-bond acceptors (Lipinski definition) is 6. The quantitative estimate of drug-likeness (QED) is 0.0315. The van der Waals surface area contributed by atoms with Gasteiger partial charge in [-0.1, -0.05) is 147 Å². The fourth-order valence-electron chi connectivity index (χ4n) is 4.93. The fourth-order valence-corrected chi connectivity index (χ4v) is 5.69. The van der Waals surface area contributed by atoms with Gasteiger partial charge in [0.25, 0.3) is 0 Å². The molecule has 0 rings (SSSR count). The number of carbonyl (C=O) groups is 1. The molecule has 0 fully saturated rings. The van der Waals surface area contributed by atoms with Crippen molar-refractivity contribution in [2.75, 3.05) is 19.8 Å². The Kier molecular flexibility index (Phi) is 31.7. The molecule has 0 bridgehead atoms. The average Bonchev–Trinajstić information content (AvgIpc) is 3.02. The van der Waals surface area contributed by atoms with Gasteiger partial charge < -0.3 is 21.1 Å². The van der Waals surface area contributed by atoms with E-state index in [2.05, 4.69) is 43.5 Å². The number of nitrogens with one attached hydrogen (secondary N) is 1. The lowest BCUT2D eigenvalue weighted by atomic mass is 10.0. The number of unbranched alkanes of at least 4 members (excludes halogenated alkanes) is 17. The predicted octanol–water partition coefficient (Wildman–Crippen LogP) is 9.22. The second kappa shape index (κ2) is 32.7. The molecule has 5 N–H and O–H groups in total. The summed E-state index contributed by atoms with van der Waals surface area (Å²) in [7, 11) is -4.34. The van der Waals surface area contributed by atoms with Crippen LogP contribution >= 0.6 is 7.82 Å². The highest BCUT2D eigenvalue weighted by molar-refractivity contribution is 7.47. The van der Waals surface area contributed by atoms with Crippen molar-refractivity contribution < 1.29 is 28.4 Å². The second-order valence-corrected chi connectivity index (χ2v) is 13.5. The number of phosphoric acid groups is 1. The van der Waals surface area contributed by atoms with Crippen LogP contribution in [0.1, 0.15) is 155 Å². The van der Waals surface area contributed by atoms with Gasteiger partial charge in [-0.3, -0.25) is 13.8 Å². The highest BCUT2D eigenvalue weighted by Gasteiger charge is 2.26. The van der Waals surface area contributed by atoms with E-state index in [0.29, 0.717) is 6.42 Å². The third-order valence-corrected chi connectivity index (χ3v) is 8.66. The molecule has 0 heterocycles. The zero-order valence-corrected chi connectivity index (χ0v) is 29.7. The van der Waals surface area contributed by atoms with Crippen LogP contribution in [0.2, 0.25) is 0 Å². The molecule has 1 amide bonds. The van der Waals surface area contributed by atoms with Crippen LogP contribution in [-0.2, 0) is 18.4 Å². The van der Waals surface area contributed by atoms with Gasteiger partial charge in [0.15, 0.2) is 0 Å². The van der Waals surface area contributed by atoms with E-state index in [1.807, 2.05) is 6.08 Å². The third kappa shape index (κ3) is 31.1. The third-order valence-electron chi connectivity index (χ3n) is 7.68. The van der Waals surface area contributed by atoms with Crippen molar-refractivity contribution in [3.63, 3.8) is 0 Å². The first kappa shape index (κ1) is 43.7. The lowest BCUT2D eigenvalue weighted by molar-refractivity contribution is -0.123. The summed E-state index contributed by atoms with van der Waals surface area (Å²) in [6.07, 6.45) is 36.2. The summed E-state index contributed by atoms with van der Waals surface area (Å²) in [5, 5.41) is 13.5. The van der Waals surface area contributed by atoms with Crippen LogP contribution in [0.5, 0.6) is 0 Å². The van der Waals surface area contributed by atoms with E-state index in [9.17, 15) is 19.4 Å². The minimum atomic E-state index is -4.34. The summed E-state index contributed by atoms with van der Waals surface area (Å²) in [6.45, 7) is 4.01. The minimum Gasteiger partial charge on any atom is -0.387 e. The van der Waals surface area contributed by atoms with Crippen LogP contribution in [0.4, 0.5) is 0 Å². The molecule has 9 heteroatoms. The van der Waals surface area contributed by atoms with Crippen LogP contribution in [0.25, 0.3) is 0 Å². The van der Waals surface area contributed by atoms with Crippen molar-refractivity contribution in [2.24, 2.45) is 5.73 Å². The predicted molar refractivity (Wildman–Crippen MR) is 189 cm³/mol. The Morgan fingerprint density at radius 2 is 1.18 bits per heavy atom. The summed E-state index contributed by atoms with van der Waals surface area (Å²) < 4.78 is 22.0. The number of rotatable bonds is 33. The van der Waals surface area contributed by atoms with Crippen molar-refractivity contribution in [3.05, 3.63) is 36.5 Å². The van der Waals surface area contributed by atoms with Gasteiger partial charge in [-0.25, -0.2) is 4.57 Å². The van der Waals surface area contributed by atoms with Crippen molar-refractivity contribution >= 4 is 13.7 Å². The highest BCUT2D eigenvalue weighted by Crippen LogP contribution is 2.43. The first-order valence-electron chi connectivity index (χ1n) is 18.1. The number of nitrogens with two attached hydrogens (primary N) is 1. The normalized spacial score (nSPS) is 14.9. The van der Waals surface area contributed by atoms with Gasteiger partial charge >= 0.3 is 7.82 Å². The number of aliphatic hydroxyl groups is 1. The molecular weight excluding hydrogens is 587 g/mol. The molecule has 8 nitrogen and oxygen atoms in total. The van der Waals surface area contributed by atoms with E-state index in [1.165, 1.54) is 83.5 Å². The van der Waals surface area contributed by atoms with Gasteiger partial charge in [0.05, 0.1) is 25.4 Å². The Morgan fingerprint density at radius 1 is 0.711 bits per heavy atom. The lowest BCUT2D eigenvalue weighted by Gasteiger charge is -2.23. The summed E-state index contributed by atoms with van der Waals surface area (Å²) >= 11 is 0. The van der Waals surface area contributed by atoms with Crippen molar-refractivity contribution in [1.29, 1.82) is 0 Å². The van der Waals surface area contributed by atoms with E-state index in [-0.39, 0.29) is 25.7 Å². The molecule has 0 aliphatic carbocycles. The molecule has 0 aliphatic rings. The van der Waals surface area contributed by atoms with Crippen molar-refractivity contribution in [1.82, 2.24) is 5.32 Å². The standard InChI is InChI=1S/C36H69N2O6P/c1-3-5-7-9-11-13-15-16-17-18-20-22-24-26-28-30-36(40)38-34(33-44-45(41,42)43-32-31-37)35(39)29-27-25-23-21-19-14-12-10-8-6-4-2/h8,10,19,21,27,29,34-35,39H,3-7,9,11-18,20,22-26,28,30-33,37H2,1-2H3,(H,38,40)(H,41,42)/b10-8+,21-19+,29-27+. The van der Waals surface area contributed by atoms with Gasteiger partial charge in [0, 0.05) is 13.0 Å². The maximum absolute atomic E-state index is 12.7. The molecule has 0 aromatic carbocycles. The van der Waals surface area contributed by atoms with Crippen molar-refractivity contribution in [3.8, 4) is 0 Å². The van der Waals surface area contributed by atoms with Crippen molar-refractivity contribution in [2.45, 2.75) is 167 Å². The molecule has 0 aromatic heterocycles. The Labute approximate surface area is 276 Å². The molecule has 0 saturated carbocycles. The smallest absolute Gasteiger partial charge is 0.387 e. The molecule has 0 spiro atoms. The summed E-state index contributed by atoms with van der Waals surface area (Å²) in [4.78, 5) is 22.5. The fraction of sp³-hybridized carbons (Fsp3) is 0.806. The molecule has 264 valence electrons. The van der Waals surface area contributed by atoms with Gasteiger partial charge in [0.1, 0.15) is 0 Å². The number of amides is 1.